The minimum absolute atomic E-state index is 0.240. The highest BCUT2D eigenvalue weighted by Gasteiger charge is 1.92. The molecule has 0 N–H and O–H groups in total. The summed E-state index contributed by atoms with van der Waals surface area (Å²) in [6, 6.07) is 0. The predicted molar refractivity (Wildman–Crippen MR) is 59.0 cm³/mol. The first kappa shape index (κ1) is 12.7. The van der Waals surface area contributed by atoms with Gasteiger partial charge in [-0.25, -0.2) is 0 Å². The van der Waals surface area contributed by atoms with Crippen molar-refractivity contribution in [2.45, 2.75) is 27.2 Å². The van der Waals surface area contributed by atoms with Crippen LogP contribution in [0.1, 0.15) is 27.2 Å². The van der Waals surface area contributed by atoms with E-state index in [1.54, 1.807) is 0 Å². The standard InChI is InChI=1S/C12H18O2/c1-5-10(2)7-6-8-11(3)9-14-12(4)13/h5,7-8H,1,6,9H2,2-4H3/b10-7+,11-8-. The van der Waals surface area contributed by atoms with Crippen LogP contribution in [0.4, 0.5) is 0 Å². The molecule has 0 aromatic heterocycles. The zero-order valence-electron chi connectivity index (χ0n) is 9.17. The van der Waals surface area contributed by atoms with E-state index in [9.17, 15) is 4.79 Å². The second-order valence-electron chi connectivity index (χ2n) is 3.22. The van der Waals surface area contributed by atoms with Gasteiger partial charge >= 0.3 is 5.97 Å². The van der Waals surface area contributed by atoms with E-state index in [1.165, 1.54) is 6.92 Å². The van der Waals surface area contributed by atoms with Crippen molar-refractivity contribution >= 4 is 5.97 Å². The Morgan fingerprint density at radius 2 is 1.93 bits per heavy atom. The summed E-state index contributed by atoms with van der Waals surface area (Å²) in [6.07, 6.45) is 6.78. The monoisotopic (exact) mass is 194 g/mol. The summed E-state index contributed by atoms with van der Waals surface area (Å²) in [7, 11) is 0. The second kappa shape index (κ2) is 7.13. The fourth-order valence-corrected chi connectivity index (χ4v) is 0.804. The van der Waals surface area contributed by atoms with Crippen LogP contribution in [0.3, 0.4) is 0 Å². The first-order chi connectivity index (χ1) is 6.56. The van der Waals surface area contributed by atoms with Crippen molar-refractivity contribution in [3.8, 4) is 0 Å². The third kappa shape index (κ3) is 7.35. The molecule has 0 saturated heterocycles. The van der Waals surface area contributed by atoms with Gasteiger partial charge in [-0.3, -0.25) is 4.79 Å². The lowest BCUT2D eigenvalue weighted by Crippen LogP contribution is -2.01. The number of hydrogen-bond donors (Lipinski definition) is 0. The highest BCUT2D eigenvalue weighted by molar-refractivity contribution is 5.66. The lowest BCUT2D eigenvalue weighted by atomic mass is 10.2. The Labute approximate surface area is 86.0 Å². The summed E-state index contributed by atoms with van der Waals surface area (Å²) in [4.78, 5) is 10.5. The Hall–Kier alpha value is -1.31. The number of allylic oxidation sites excluding steroid dienone is 4. The molecule has 0 aliphatic rings. The van der Waals surface area contributed by atoms with Gasteiger partial charge in [-0.2, -0.15) is 0 Å². The molecule has 0 bridgehead atoms. The fourth-order valence-electron chi connectivity index (χ4n) is 0.804. The number of ether oxygens (including phenoxy) is 1. The molecule has 2 nitrogen and oxygen atoms in total. The van der Waals surface area contributed by atoms with E-state index in [0.717, 1.165) is 17.6 Å². The first-order valence-electron chi connectivity index (χ1n) is 4.64. The van der Waals surface area contributed by atoms with Crippen LogP contribution in [0.2, 0.25) is 0 Å². The molecule has 14 heavy (non-hydrogen) atoms. The van der Waals surface area contributed by atoms with Crippen molar-refractivity contribution in [2.24, 2.45) is 0 Å². The minimum Gasteiger partial charge on any atom is -0.461 e. The second-order valence-corrected chi connectivity index (χ2v) is 3.22. The summed E-state index contributed by atoms with van der Waals surface area (Å²) < 4.78 is 4.84. The topological polar surface area (TPSA) is 26.3 Å². The molecule has 2 heteroatoms. The lowest BCUT2D eigenvalue weighted by Gasteiger charge is -2.00. The Balaban J connectivity index is 3.88. The van der Waals surface area contributed by atoms with Gasteiger partial charge in [0.2, 0.25) is 0 Å². The Morgan fingerprint density at radius 1 is 1.29 bits per heavy atom. The van der Waals surface area contributed by atoms with Gasteiger partial charge in [0.1, 0.15) is 6.61 Å². The van der Waals surface area contributed by atoms with Crippen molar-refractivity contribution in [3.63, 3.8) is 0 Å². The highest BCUT2D eigenvalue weighted by Crippen LogP contribution is 2.01. The average Bonchev–Trinajstić information content (AvgIpc) is 2.14. The minimum atomic E-state index is -0.240. The van der Waals surface area contributed by atoms with Gasteiger partial charge < -0.3 is 4.74 Å². The van der Waals surface area contributed by atoms with Crippen molar-refractivity contribution in [1.82, 2.24) is 0 Å². The summed E-state index contributed by atoms with van der Waals surface area (Å²) in [5.74, 6) is -0.240. The molecule has 0 heterocycles. The molecule has 0 aliphatic carbocycles. The fraction of sp³-hybridized carbons (Fsp3) is 0.417. The molecule has 0 aromatic rings. The van der Waals surface area contributed by atoms with E-state index in [4.69, 9.17) is 4.74 Å². The predicted octanol–water partition coefficient (Wildman–Crippen LogP) is 3.02. The van der Waals surface area contributed by atoms with E-state index < -0.39 is 0 Å². The van der Waals surface area contributed by atoms with Crippen LogP contribution in [-0.4, -0.2) is 12.6 Å². The van der Waals surface area contributed by atoms with Crippen molar-refractivity contribution in [1.29, 1.82) is 0 Å². The Bertz CT molecular complexity index is 259. The number of esters is 1. The van der Waals surface area contributed by atoms with Gasteiger partial charge in [-0.1, -0.05) is 30.4 Å². The highest BCUT2D eigenvalue weighted by atomic mass is 16.5. The van der Waals surface area contributed by atoms with Crippen LogP contribution in [0.25, 0.3) is 0 Å². The van der Waals surface area contributed by atoms with E-state index in [0.29, 0.717) is 6.61 Å². The van der Waals surface area contributed by atoms with E-state index in [2.05, 4.69) is 12.7 Å². The molecular weight excluding hydrogens is 176 g/mol. The summed E-state index contributed by atoms with van der Waals surface area (Å²) in [5, 5.41) is 0. The third-order valence-corrected chi connectivity index (χ3v) is 1.73. The summed E-state index contributed by atoms with van der Waals surface area (Å²) in [5.41, 5.74) is 2.22. The molecule has 0 atom stereocenters. The van der Waals surface area contributed by atoms with Crippen molar-refractivity contribution < 1.29 is 9.53 Å². The van der Waals surface area contributed by atoms with Gasteiger partial charge in [0.15, 0.2) is 0 Å². The van der Waals surface area contributed by atoms with Crippen LogP contribution < -0.4 is 0 Å². The number of hydrogen-bond acceptors (Lipinski definition) is 2. The first-order valence-corrected chi connectivity index (χ1v) is 4.64. The lowest BCUT2D eigenvalue weighted by molar-refractivity contribution is -0.139. The van der Waals surface area contributed by atoms with Gasteiger partial charge in [0, 0.05) is 6.92 Å². The maximum Gasteiger partial charge on any atom is 0.302 e. The molecule has 78 valence electrons. The third-order valence-electron chi connectivity index (χ3n) is 1.73. The molecule has 0 radical (unpaired) electrons. The summed E-state index contributed by atoms with van der Waals surface area (Å²) >= 11 is 0. The van der Waals surface area contributed by atoms with Gasteiger partial charge in [0.05, 0.1) is 0 Å². The van der Waals surface area contributed by atoms with Gasteiger partial charge in [-0.05, 0) is 25.8 Å². The molecular formula is C12H18O2. The van der Waals surface area contributed by atoms with Gasteiger partial charge in [0.25, 0.3) is 0 Å². The molecule has 0 fully saturated rings. The maximum absolute atomic E-state index is 10.5. The van der Waals surface area contributed by atoms with Crippen LogP contribution in [0.15, 0.2) is 36.0 Å². The number of carbonyl (C=O) groups is 1. The smallest absolute Gasteiger partial charge is 0.302 e. The molecule has 0 amide bonds. The van der Waals surface area contributed by atoms with Crippen molar-refractivity contribution in [2.75, 3.05) is 6.61 Å². The molecule has 0 unspecified atom stereocenters. The largest absolute Gasteiger partial charge is 0.461 e. The summed E-state index contributed by atoms with van der Waals surface area (Å²) in [6.45, 7) is 9.40. The quantitative estimate of drug-likeness (QED) is 0.382. The maximum atomic E-state index is 10.5. The van der Waals surface area contributed by atoms with Gasteiger partial charge in [-0.15, -0.1) is 0 Å². The van der Waals surface area contributed by atoms with Crippen molar-refractivity contribution in [3.05, 3.63) is 36.0 Å². The van der Waals surface area contributed by atoms with Crippen LogP contribution in [0.5, 0.6) is 0 Å². The van der Waals surface area contributed by atoms with Crippen LogP contribution in [0, 0.1) is 0 Å². The SMILES string of the molecule is C=C/C(C)=C/C/C=C(/C)COC(C)=O. The Morgan fingerprint density at radius 3 is 2.43 bits per heavy atom. The zero-order valence-corrected chi connectivity index (χ0v) is 9.17. The molecule has 0 rings (SSSR count). The van der Waals surface area contributed by atoms with Crippen LogP contribution >= 0.6 is 0 Å². The molecule has 0 spiro atoms. The zero-order chi connectivity index (χ0) is 11.0. The Kier molecular flexibility index (Phi) is 6.46. The molecule has 0 saturated carbocycles. The van der Waals surface area contributed by atoms with E-state index >= 15 is 0 Å². The number of rotatable bonds is 5. The molecule has 0 aliphatic heterocycles. The van der Waals surface area contributed by atoms with E-state index in [-0.39, 0.29) is 5.97 Å². The van der Waals surface area contributed by atoms with Crippen LogP contribution in [-0.2, 0) is 9.53 Å². The normalized spacial score (nSPS) is 12.5. The van der Waals surface area contributed by atoms with E-state index in [1.807, 2.05) is 26.0 Å². The molecule has 0 aromatic carbocycles. The average molecular weight is 194 g/mol. The number of carbonyl (C=O) groups excluding carboxylic acids is 1.